The molecule has 1 aliphatic carbocycles. The molecule has 2 aliphatic rings. The topological polar surface area (TPSA) is 79.4 Å². The molecule has 1 aliphatic heterocycles. The van der Waals surface area contributed by atoms with Crippen LogP contribution in [0.15, 0.2) is 39.9 Å². The van der Waals surface area contributed by atoms with E-state index < -0.39 is 15.9 Å². The van der Waals surface area contributed by atoms with E-state index in [0.717, 1.165) is 35.4 Å². The maximum atomic E-state index is 12.9. The second-order valence-electron chi connectivity index (χ2n) is 8.48. The van der Waals surface area contributed by atoms with Crippen LogP contribution in [0.1, 0.15) is 36.8 Å². The molecule has 10 heteroatoms. The van der Waals surface area contributed by atoms with Gasteiger partial charge in [-0.25, -0.2) is 13.4 Å². The second-order valence-corrected chi connectivity index (χ2v) is 13.2. The summed E-state index contributed by atoms with van der Waals surface area (Å²) in [5.41, 5.74) is 4.74. The molecule has 1 N–H and O–H groups in total. The number of rotatable bonds is 5. The number of sulfonamides is 1. The van der Waals surface area contributed by atoms with Crippen molar-refractivity contribution in [2.24, 2.45) is 5.92 Å². The van der Waals surface area contributed by atoms with Crippen molar-refractivity contribution in [2.75, 3.05) is 18.4 Å². The fourth-order valence-electron chi connectivity index (χ4n) is 4.50. The Balaban J connectivity index is 1.26. The summed E-state index contributed by atoms with van der Waals surface area (Å²) < 4.78 is 27.9. The summed E-state index contributed by atoms with van der Waals surface area (Å²) in [6.07, 6.45) is 6.00. The molecule has 1 saturated heterocycles. The third-order valence-electron chi connectivity index (χ3n) is 6.28. The Hall–Kier alpha value is -1.78. The number of hydrogen-bond donors (Lipinski definition) is 1. The first-order valence-corrected chi connectivity index (χ1v) is 14.6. The molecule has 1 unspecified atom stereocenters. The van der Waals surface area contributed by atoms with Crippen LogP contribution in [0, 0.1) is 5.92 Å². The fraction of sp³-hybridized carbons (Fsp3) is 0.391. The van der Waals surface area contributed by atoms with Crippen molar-refractivity contribution in [2.45, 2.75) is 42.7 Å². The average molecular weight is 522 g/mol. The maximum Gasteiger partial charge on any atom is 0.252 e. The van der Waals surface area contributed by atoms with Crippen LogP contribution in [-0.2, 0) is 27.7 Å². The molecule has 0 radical (unpaired) electrons. The van der Waals surface area contributed by atoms with Crippen LogP contribution in [-0.4, -0.2) is 36.7 Å². The van der Waals surface area contributed by atoms with E-state index in [2.05, 4.69) is 28.5 Å². The van der Waals surface area contributed by atoms with E-state index in [-0.39, 0.29) is 16.7 Å². The Morgan fingerprint density at radius 1 is 1.12 bits per heavy atom. The molecule has 3 heterocycles. The van der Waals surface area contributed by atoms with Gasteiger partial charge in [0.1, 0.15) is 4.21 Å². The van der Waals surface area contributed by atoms with Gasteiger partial charge in [0, 0.05) is 24.0 Å². The van der Waals surface area contributed by atoms with Gasteiger partial charge in [-0.3, -0.25) is 4.79 Å². The molecule has 1 amide bonds. The monoisotopic (exact) mass is 521 g/mol. The minimum absolute atomic E-state index is 0.159. The van der Waals surface area contributed by atoms with Crippen molar-refractivity contribution in [1.82, 2.24) is 9.29 Å². The molecule has 6 nitrogen and oxygen atoms in total. The predicted molar refractivity (Wildman–Crippen MR) is 134 cm³/mol. The fourth-order valence-corrected chi connectivity index (χ4v) is 8.39. The maximum absolute atomic E-state index is 12.9. The van der Waals surface area contributed by atoms with Gasteiger partial charge in [-0.2, -0.15) is 4.31 Å². The number of carbonyl (C=O) groups is 1. The number of hydrogen-bond acceptors (Lipinski definition) is 6. The first-order chi connectivity index (χ1) is 15.9. The summed E-state index contributed by atoms with van der Waals surface area (Å²) in [4.78, 5) is 17.6. The van der Waals surface area contributed by atoms with Gasteiger partial charge in [0.2, 0.25) is 5.91 Å². The molecule has 1 fully saturated rings. The highest BCUT2D eigenvalue weighted by Gasteiger charge is 2.34. The summed E-state index contributed by atoms with van der Waals surface area (Å²) in [5, 5.41) is 5.40. The number of benzene rings is 1. The first kappa shape index (κ1) is 23.0. The Kier molecular flexibility index (Phi) is 6.59. The van der Waals surface area contributed by atoms with E-state index in [4.69, 9.17) is 11.6 Å². The largest absolute Gasteiger partial charge is 0.302 e. The predicted octanol–water partition coefficient (Wildman–Crippen LogP) is 5.44. The van der Waals surface area contributed by atoms with E-state index in [1.165, 1.54) is 45.7 Å². The number of aromatic nitrogens is 1. The first-order valence-electron chi connectivity index (χ1n) is 11.0. The highest BCUT2D eigenvalue weighted by atomic mass is 35.5. The Morgan fingerprint density at radius 2 is 1.94 bits per heavy atom. The molecular formula is C23H24ClN3O3S3. The molecule has 0 bridgehead atoms. The van der Waals surface area contributed by atoms with Crippen molar-refractivity contribution in [3.63, 3.8) is 0 Å². The van der Waals surface area contributed by atoms with E-state index in [1.807, 2.05) is 5.38 Å². The number of fused-ring (bicyclic) bond motifs is 1. The highest BCUT2D eigenvalue weighted by Crippen LogP contribution is 2.32. The summed E-state index contributed by atoms with van der Waals surface area (Å²) in [5.74, 6) is -0.606. The number of carbonyl (C=O) groups excluding carboxylic acids is 1. The minimum atomic E-state index is -3.65. The molecule has 2 aromatic heterocycles. The van der Waals surface area contributed by atoms with Crippen LogP contribution < -0.4 is 5.32 Å². The smallest absolute Gasteiger partial charge is 0.252 e. The van der Waals surface area contributed by atoms with Crippen LogP contribution in [0.25, 0.3) is 11.3 Å². The molecule has 1 atom stereocenters. The van der Waals surface area contributed by atoms with E-state index >= 15 is 0 Å². The van der Waals surface area contributed by atoms with Crippen molar-refractivity contribution in [1.29, 1.82) is 0 Å². The number of nitrogens with zero attached hydrogens (tertiary/aromatic N) is 2. The average Bonchev–Trinajstić information content (AvgIpc) is 3.48. The summed E-state index contributed by atoms with van der Waals surface area (Å²) in [7, 11) is -3.65. The third kappa shape index (κ3) is 4.88. The molecule has 33 heavy (non-hydrogen) atoms. The summed E-state index contributed by atoms with van der Waals surface area (Å²) >= 11 is 8.35. The Labute approximate surface area is 206 Å². The van der Waals surface area contributed by atoms with Crippen LogP contribution in [0.5, 0.6) is 0 Å². The van der Waals surface area contributed by atoms with Gasteiger partial charge in [0.05, 0.1) is 15.9 Å². The lowest BCUT2D eigenvalue weighted by Crippen LogP contribution is -2.43. The Morgan fingerprint density at radius 3 is 2.73 bits per heavy atom. The van der Waals surface area contributed by atoms with Gasteiger partial charge >= 0.3 is 0 Å². The van der Waals surface area contributed by atoms with Crippen LogP contribution >= 0.6 is 34.3 Å². The number of thiophene rings is 1. The van der Waals surface area contributed by atoms with E-state index in [0.29, 0.717) is 28.9 Å². The molecular weight excluding hydrogens is 498 g/mol. The number of piperidine rings is 1. The minimum Gasteiger partial charge on any atom is -0.302 e. The van der Waals surface area contributed by atoms with Crippen LogP contribution in [0.4, 0.5) is 5.13 Å². The SMILES string of the molecule is O=C(Nc1nc(-c2ccc3c(c2)CCCC3)cs1)C1CCCN(S(=O)(=O)c2ccc(Cl)s2)C1. The van der Waals surface area contributed by atoms with Gasteiger partial charge in [0.25, 0.3) is 10.0 Å². The van der Waals surface area contributed by atoms with Gasteiger partial charge in [-0.15, -0.1) is 22.7 Å². The summed E-state index contributed by atoms with van der Waals surface area (Å²) in [6, 6.07) is 9.61. The zero-order valence-corrected chi connectivity index (χ0v) is 21.1. The number of amides is 1. The Bertz CT molecular complexity index is 1280. The molecule has 5 rings (SSSR count). The van der Waals surface area contributed by atoms with Gasteiger partial charge < -0.3 is 5.32 Å². The molecule has 0 saturated carbocycles. The lowest BCUT2D eigenvalue weighted by Gasteiger charge is -2.30. The van der Waals surface area contributed by atoms with Crippen molar-refractivity contribution >= 4 is 55.3 Å². The van der Waals surface area contributed by atoms with Crippen molar-refractivity contribution in [3.05, 3.63) is 51.2 Å². The lowest BCUT2D eigenvalue weighted by molar-refractivity contribution is -0.120. The number of nitrogens with one attached hydrogen (secondary N) is 1. The zero-order chi connectivity index (χ0) is 23.0. The lowest BCUT2D eigenvalue weighted by atomic mass is 9.90. The standard InChI is InChI=1S/C23H24ClN3O3S3/c24-20-9-10-21(32-20)33(29,30)27-11-3-6-18(13-27)22(28)26-23-25-19(14-31-23)17-8-7-15-4-1-2-5-16(15)12-17/h7-10,12,14,18H,1-6,11,13H2,(H,25,26,28). The third-order valence-corrected chi connectivity index (χ3v) is 10.6. The van der Waals surface area contributed by atoms with Crippen LogP contribution in [0.2, 0.25) is 4.34 Å². The normalized spacial score (nSPS) is 19.2. The van der Waals surface area contributed by atoms with Gasteiger partial charge in [-0.1, -0.05) is 23.7 Å². The highest BCUT2D eigenvalue weighted by molar-refractivity contribution is 7.91. The van der Waals surface area contributed by atoms with Crippen molar-refractivity contribution < 1.29 is 13.2 Å². The molecule has 174 valence electrons. The molecule has 0 spiro atoms. The number of aryl methyl sites for hydroxylation is 2. The number of anilines is 1. The van der Waals surface area contributed by atoms with Crippen molar-refractivity contribution in [3.8, 4) is 11.3 Å². The summed E-state index contributed by atoms with van der Waals surface area (Å²) in [6.45, 7) is 0.564. The molecule has 3 aromatic rings. The van der Waals surface area contributed by atoms with Gasteiger partial charge in [0.15, 0.2) is 5.13 Å². The number of halogens is 1. The van der Waals surface area contributed by atoms with E-state index in [1.54, 1.807) is 6.07 Å². The number of thiazole rings is 1. The quantitative estimate of drug-likeness (QED) is 0.484. The van der Waals surface area contributed by atoms with E-state index in [9.17, 15) is 13.2 Å². The second kappa shape index (κ2) is 9.46. The zero-order valence-electron chi connectivity index (χ0n) is 17.9. The van der Waals surface area contributed by atoms with Crippen LogP contribution in [0.3, 0.4) is 0 Å². The molecule has 1 aromatic carbocycles. The van der Waals surface area contributed by atoms with Gasteiger partial charge in [-0.05, 0) is 67.9 Å².